The average molecular weight is 492 g/mol. The van der Waals surface area contributed by atoms with Crippen molar-refractivity contribution in [1.82, 2.24) is 19.9 Å². The van der Waals surface area contributed by atoms with Gasteiger partial charge in [0, 0.05) is 29.6 Å². The van der Waals surface area contributed by atoms with Gasteiger partial charge in [-0.25, -0.2) is 9.50 Å². The van der Waals surface area contributed by atoms with Gasteiger partial charge in [-0.1, -0.05) is 29.8 Å². The maximum atomic E-state index is 13.0. The highest BCUT2D eigenvalue weighted by Crippen LogP contribution is 2.26. The average Bonchev–Trinajstić information content (AvgIpc) is 3.20. The summed E-state index contributed by atoms with van der Waals surface area (Å²) in [7, 11) is 0. The van der Waals surface area contributed by atoms with Crippen molar-refractivity contribution < 1.29 is 14.7 Å². The predicted molar refractivity (Wildman–Crippen MR) is 136 cm³/mol. The third kappa shape index (κ3) is 5.67. The van der Waals surface area contributed by atoms with Crippen LogP contribution < -0.4 is 10.6 Å². The first kappa shape index (κ1) is 24.4. The minimum Gasteiger partial charge on any atom is -0.388 e. The molecule has 2 amide bonds. The number of aliphatic hydroxyl groups excluding tert-OH is 1. The summed E-state index contributed by atoms with van der Waals surface area (Å²) in [5.41, 5.74) is 5.20. The normalized spacial score (nSPS) is 11.9. The molecule has 0 aliphatic rings. The summed E-state index contributed by atoms with van der Waals surface area (Å²) in [6, 6.07) is 14.4. The molecule has 0 unspecified atom stereocenters. The molecule has 0 spiro atoms. The second kappa shape index (κ2) is 10.2. The molecule has 1 atom stereocenters. The number of hydrogen-bond donors (Lipinski definition) is 3. The Morgan fingerprint density at radius 3 is 2.54 bits per heavy atom. The first-order valence-corrected chi connectivity index (χ1v) is 11.6. The van der Waals surface area contributed by atoms with Gasteiger partial charge in [-0.3, -0.25) is 9.59 Å². The van der Waals surface area contributed by atoms with Crippen LogP contribution in [0.25, 0.3) is 16.9 Å². The van der Waals surface area contributed by atoms with Gasteiger partial charge < -0.3 is 15.7 Å². The van der Waals surface area contributed by atoms with Crippen LogP contribution in [-0.4, -0.2) is 38.1 Å². The number of aryl methyl sites for hydroxylation is 2. The lowest BCUT2D eigenvalue weighted by molar-refractivity contribution is -0.114. The molecule has 2 heterocycles. The van der Waals surface area contributed by atoms with Crippen molar-refractivity contribution >= 4 is 34.9 Å². The second-order valence-electron chi connectivity index (χ2n) is 8.42. The zero-order chi connectivity index (χ0) is 25.1. The predicted octanol–water partition coefficient (Wildman–Crippen LogP) is 4.48. The lowest BCUT2D eigenvalue weighted by Crippen LogP contribution is -2.26. The van der Waals surface area contributed by atoms with Crippen LogP contribution in [0.3, 0.4) is 0 Å². The number of hydrogen-bond acceptors (Lipinski definition) is 5. The van der Waals surface area contributed by atoms with Gasteiger partial charge in [0.1, 0.15) is 0 Å². The Kier molecular flexibility index (Phi) is 7.14. The van der Waals surface area contributed by atoms with Gasteiger partial charge in [-0.2, -0.15) is 5.10 Å². The fourth-order valence-corrected chi connectivity index (χ4v) is 4.03. The summed E-state index contributed by atoms with van der Waals surface area (Å²) in [6.45, 7) is 5.59. The fraction of sp³-hybridized carbons (Fsp3) is 0.231. The Morgan fingerprint density at radius 1 is 1.09 bits per heavy atom. The minimum atomic E-state index is -0.698. The van der Waals surface area contributed by atoms with E-state index >= 15 is 0 Å². The topological polar surface area (TPSA) is 109 Å². The zero-order valence-electron chi connectivity index (χ0n) is 19.7. The summed E-state index contributed by atoms with van der Waals surface area (Å²) in [4.78, 5) is 28.6. The molecule has 2 aromatic heterocycles. The molecule has 0 fully saturated rings. The van der Waals surface area contributed by atoms with Gasteiger partial charge in [-0.05, 0) is 67.3 Å². The Balaban J connectivity index is 1.50. The number of fused-ring (bicyclic) bond motifs is 1. The molecule has 0 bridgehead atoms. The van der Waals surface area contributed by atoms with Gasteiger partial charge in [0.2, 0.25) is 5.91 Å². The Hall–Kier alpha value is -3.75. The number of nitrogens with zero attached hydrogens (tertiary/aromatic N) is 3. The SMILES string of the molecule is CC(=O)Nc1cn2nc(-c3cc(C(=O)NCC[C@H](O)c4ccc(Cl)cc4)c(C)cc3C)ccc2n1. The van der Waals surface area contributed by atoms with E-state index in [0.29, 0.717) is 40.7 Å². The van der Waals surface area contributed by atoms with E-state index in [1.807, 2.05) is 38.1 Å². The molecule has 4 rings (SSSR count). The van der Waals surface area contributed by atoms with Crippen LogP contribution in [0.4, 0.5) is 5.82 Å². The number of aromatic nitrogens is 3. The van der Waals surface area contributed by atoms with Crippen molar-refractivity contribution in [2.24, 2.45) is 0 Å². The standard InChI is InChI=1S/C26H26ClN5O3/c1-15-12-16(2)21(26(35)28-11-10-23(34)18-4-6-19(27)7-5-18)13-20(15)22-8-9-25-30-24(29-17(3)33)14-32(25)31-22/h4-9,12-14,23,34H,10-11H2,1-3H3,(H,28,35)(H,29,33)/t23-/m0/s1. The number of amides is 2. The highest BCUT2D eigenvalue weighted by atomic mass is 35.5. The molecule has 0 aliphatic heterocycles. The molecule has 4 aromatic rings. The van der Waals surface area contributed by atoms with Crippen LogP contribution in [0.5, 0.6) is 0 Å². The minimum absolute atomic E-state index is 0.209. The van der Waals surface area contributed by atoms with Gasteiger partial charge in [-0.15, -0.1) is 0 Å². The number of carbonyl (C=O) groups excluding carboxylic acids is 2. The van der Waals surface area contributed by atoms with E-state index in [1.165, 1.54) is 6.92 Å². The fourth-order valence-electron chi connectivity index (χ4n) is 3.91. The van der Waals surface area contributed by atoms with E-state index < -0.39 is 6.10 Å². The van der Waals surface area contributed by atoms with Crippen LogP contribution in [0.15, 0.2) is 54.7 Å². The van der Waals surface area contributed by atoms with Crippen molar-refractivity contribution in [2.45, 2.75) is 33.3 Å². The van der Waals surface area contributed by atoms with Crippen LogP contribution in [0.1, 0.15) is 46.5 Å². The molecule has 0 aliphatic carbocycles. The van der Waals surface area contributed by atoms with Crippen LogP contribution in [0, 0.1) is 13.8 Å². The Labute approximate surface area is 208 Å². The first-order chi connectivity index (χ1) is 16.7. The smallest absolute Gasteiger partial charge is 0.251 e. The third-order valence-corrected chi connectivity index (χ3v) is 5.93. The van der Waals surface area contributed by atoms with E-state index in [1.54, 1.807) is 35.0 Å². The Morgan fingerprint density at radius 2 is 1.83 bits per heavy atom. The lowest BCUT2D eigenvalue weighted by Gasteiger charge is -2.14. The molecule has 3 N–H and O–H groups in total. The first-order valence-electron chi connectivity index (χ1n) is 11.2. The second-order valence-corrected chi connectivity index (χ2v) is 8.86. The molecule has 2 aromatic carbocycles. The number of rotatable bonds is 7. The van der Waals surface area contributed by atoms with E-state index in [9.17, 15) is 14.7 Å². The van der Waals surface area contributed by atoms with E-state index in [2.05, 4.69) is 20.7 Å². The maximum absolute atomic E-state index is 13.0. The molecule has 9 heteroatoms. The summed E-state index contributed by atoms with van der Waals surface area (Å²) < 4.78 is 1.60. The van der Waals surface area contributed by atoms with Gasteiger partial charge in [0.05, 0.1) is 18.0 Å². The number of carbonyl (C=O) groups is 2. The molecular weight excluding hydrogens is 466 g/mol. The third-order valence-electron chi connectivity index (χ3n) is 5.67. The zero-order valence-corrected chi connectivity index (χ0v) is 20.4. The lowest BCUT2D eigenvalue weighted by atomic mass is 9.97. The van der Waals surface area contributed by atoms with Crippen LogP contribution in [-0.2, 0) is 4.79 Å². The Bertz CT molecular complexity index is 1400. The van der Waals surface area contributed by atoms with E-state index in [0.717, 1.165) is 22.3 Å². The number of aliphatic hydroxyl groups is 1. The molecule has 0 saturated heterocycles. The van der Waals surface area contributed by atoms with Crippen LogP contribution in [0.2, 0.25) is 5.02 Å². The van der Waals surface area contributed by atoms with Gasteiger partial charge >= 0.3 is 0 Å². The molecule has 35 heavy (non-hydrogen) atoms. The molecule has 0 radical (unpaired) electrons. The number of benzene rings is 2. The molecule has 8 nitrogen and oxygen atoms in total. The summed E-state index contributed by atoms with van der Waals surface area (Å²) in [5, 5.41) is 21.2. The summed E-state index contributed by atoms with van der Waals surface area (Å²) in [6.07, 6.45) is 1.32. The van der Waals surface area contributed by atoms with Crippen molar-refractivity contribution in [3.05, 3.63) is 82.0 Å². The van der Waals surface area contributed by atoms with Crippen LogP contribution >= 0.6 is 11.6 Å². The van der Waals surface area contributed by atoms with E-state index in [4.69, 9.17) is 11.6 Å². The molecule has 180 valence electrons. The largest absolute Gasteiger partial charge is 0.388 e. The van der Waals surface area contributed by atoms with E-state index in [-0.39, 0.29) is 11.8 Å². The van der Waals surface area contributed by atoms with Crippen molar-refractivity contribution in [1.29, 1.82) is 0 Å². The van der Waals surface area contributed by atoms with Crippen molar-refractivity contribution in [3.8, 4) is 11.3 Å². The quantitative estimate of drug-likeness (QED) is 0.353. The van der Waals surface area contributed by atoms with Crippen molar-refractivity contribution in [3.63, 3.8) is 0 Å². The summed E-state index contributed by atoms with van der Waals surface area (Å²) >= 11 is 5.90. The van der Waals surface area contributed by atoms with Gasteiger partial charge in [0.25, 0.3) is 5.91 Å². The number of halogens is 1. The number of anilines is 1. The summed E-state index contributed by atoms with van der Waals surface area (Å²) in [5.74, 6) is -0.00770. The highest BCUT2D eigenvalue weighted by molar-refractivity contribution is 6.30. The highest BCUT2D eigenvalue weighted by Gasteiger charge is 2.16. The molecular formula is C26H26ClN5O3. The monoisotopic (exact) mass is 491 g/mol. The van der Waals surface area contributed by atoms with Crippen molar-refractivity contribution in [2.75, 3.05) is 11.9 Å². The number of nitrogens with one attached hydrogen (secondary N) is 2. The van der Waals surface area contributed by atoms with Gasteiger partial charge in [0.15, 0.2) is 11.5 Å². The molecule has 0 saturated carbocycles. The number of imidazole rings is 1. The maximum Gasteiger partial charge on any atom is 0.251 e.